The van der Waals surface area contributed by atoms with Crippen LogP contribution in [0.25, 0.3) is 0 Å². The van der Waals surface area contributed by atoms with Gasteiger partial charge in [-0.3, -0.25) is 9.59 Å². The van der Waals surface area contributed by atoms with E-state index in [1.54, 1.807) is 21.2 Å². The van der Waals surface area contributed by atoms with Crippen molar-refractivity contribution < 1.29 is 14.7 Å². The number of imidazole rings is 1. The van der Waals surface area contributed by atoms with E-state index in [1.807, 2.05) is 6.26 Å². The van der Waals surface area contributed by atoms with Gasteiger partial charge in [0.25, 0.3) is 11.8 Å². The molecule has 0 saturated carbocycles. The molecular formula is C12H18N4O3S. The summed E-state index contributed by atoms with van der Waals surface area (Å²) in [6.07, 6.45) is 2.83. The predicted molar refractivity (Wildman–Crippen MR) is 75.2 cm³/mol. The molecule has 20 heavy (non-hydrogen) atoms. The van der Waals surface area contributed by atoms with Crippen molar-refractivity contribution in [3.63, 3.8) is 0 Å². The Morgan fingerprint density at radius 3 is 2.95 bits per heavy atom. The van der Waals surface area contributed by atoms with Crippen molar-refractivity contribution in [1.82, 2.24) is 14.5 Å². The number of primary amides is 1. The first-order valence-electron chi connectivity index (χ1n) is 6.34. The lowest BCUT2D eigenvalue weighted by molar-refractivity contribution is -0.141. The number of thioether (sulfide) groups is 1. The van der Waals surface area contributed by atoms with Crippen LogP contribution in [0, 0.1) is 0 Å². The third-order valence-corrected chi connectivity index (χ3v) is 3.95. The third kappa shape index (κ3) is 2.96. The molecule has 110 valence electrons. The minimum atomic E-state index is -0.973. The van der Waals surface area contributed by atoms with Crippen molar-refractivity contribution in [2.24, 2.45) is 5.73 Å². The Morgan fingerprint density at radius 2 is 2.30 bits per heavy atom. The molecule has 1 atom stereocenters. The molecule has 0 radical (unpaired) electrons. The zero-order valence-corrected chi connectivity index (χ0v) is 12.1. The number of aromatic nitrogens is 2. The highest BCUT2D eigenvalue weighted by Crippen LogP contribution is 2.16. The number of fused-ring (bicyclic) bond motifs is 1. The summed E-state index contributed by atoms with van der Waals surface area (Å²) in [5.74, 6) is 0.550. The van der Waals surface area contributed by atoms with E-state index in [-0.39, 0.29) is 5.91 Å². The van der Waals surface area contributed by atoms with E-state index in [1.165, 1.54) is 6.20 Å². The molecule has 0 fully saturated rings. The van der Waals surface area contributed by atoms with Gasteiger partial charge in [0.2, 0.25) is 0 Å². The maximum Gasteiger partial charge on any atom is 0.266 e. The van der Waals surface area contributed by atoms with Crippen LogP contribution in [0.1, 0.15) is 22.7 Å². The molecule has 1 unspecified atom stereocenters. The molecule has 0 aliphatic carbocycles. The number of aliphatic hydroxyl groups excluding tert-OH is 1. The highest BCUT2D eigenvalue weighted by atomic mass is 32.2. The number of nitrogens with two attached hydrogens (primary N) is 1. The van der Waals surface area contributed by atoms with Crippen molar-refractivity contribution >= 4 is 23.6 Å². The number of amides is 2. The predicted octanol–water partition coefficient (Wildman–Crippen LogP) is -0.562. The van der Waals surface area contributed by atoms with Crippen LogP contribution < -0.4 is 5.73 Å². The Bertz CT molecular complexity index is 517. The molecule has 2 amide bonds. The molecule has 1 aliphatic rings. The number of aliphatic hydroxyl groups is 1. The molecule has 7 nitrogen and oxygen atoms in total. The van der Waals surface area contributed by atoms with Gasteiger partial charge in [0.05, 0.1) is 12.7 Å². The standard InChI is InChI=1S/C12H18N4O3S/c1-20-5-2-9(17)12(19)15-3-4-16-8(11(13)18)6-14-10(16)7-15/h6,9,17H,2-5,7H2,1H3,(H2,13,18). The van der Waals surface area contributed by atoms with Crippen molar-refractivity contribution in [3.8, 4) is 0 Å². The average Bonchev–Trinajstić information content (AvgIpc) is 2.86. The topological polar surface area (TPSA) is 101 Å². The molecule has 8 heteroatoms. The van der Waals surface area contributed by atoms with Gasteiger partial charge in [-0.2, -0.15) is 11.8 Å². The van der Waals surface area contributed by atoms with Gasteiger partial charge >= 0.3 is 0 Å². The molecular weight excluding hydrogens is 280 g/mol. The van der Waals surface area contributed by atoms with Gasteiger partial charge in [-0.15, -0.1) is 0 Å². The molecule has 1 aromatic heterocycles. The average molecular weight is 298 g/mol. The Balaban J connectivity index is 2.04. The van der Waals surface area contributed by atoms with Crippen LogP contribution in [-0.4, -0.2) is 56.0 Å². The zero-order chi connectivity index (χ0) is 14.7. The van der Waals surface area contributed by atoms with E-state index in [0.717, 1.165) is 5.75 Å². The quantitative estimate of drug-likeness (QED) is 0.758. The maximum absolute atomic E-state index is 12.1. The van der Waals surface area contributed by atoms with Gasteiger partial charge in [0, 0.05) is 13.1 Å². The molecule has 2 rings (SSSR count). The molecule has 0 saturated heterocycles. The van der Waals surface area contributed by atoms with Crippen LogP contribution in [0.5, 0.6) is 0 Å². The molecule has 0 aromatic carbocycles. The summed E-state index contributed by atoms with van der Waals surface area (Å²) in [7, 11) is 0. The lowest BCUT2D eigenvalue weighted by atomic mass is 10.2. The van der Waals surface area contributed by atoms with E-state index < -0.39 is 12.0 Å². The summed E-state index contributed by atoms with van der Waals surface area (Å²) in [6.45, 7) is 1.20. The van der Waals surface area contributed by atoms with Gasteiger partial charge in [0.1, 0.15) is 17.6 Å². The van der Waals surface area contributed by atoms with E-state index in [0.29, 0.717) is 37.6 Å². The molecule has 1 aliphatic heterocycles. The third-order valence-electron chi connectivity index (χ3n) is 3.31. The number of hydrogen-bond donors (Lipinski definition) is 2. The number of rotatable bonds is 5. The fourth-order valence-corrected chi connectivity index (χ4v) is 2.67. The molecule has 2 heterocycles. The second-order valence-corrected chi connectivity index (χ2v) is 5.62. The van der Waals surface area contributed by atoms with Gasteiger partial charge in [0.15, 0.2) is 0 Å². The first-order chi connectivity index (χ1) is 9.54. The van der Waals surface area contributed by atoms with Crippen LogP contribution in [0.4, 0.5) is 0 Å². The van der Waals surface area contributed by atoms with Crippen LogP contribution >= 0.6 is 11.8 Å². The maximum atomic E-state index is 12.1. The van der Waals surface area contributed by atoms with Crippen molar-refractivity contribution in [2.75, 3.05) is 18.6 Å². The zero-order valence-electron chi connectivity index (χ0n) is 11.3. The minimum absolute atomic E-state index is 0.283. The summed E-state index contributed by atoms with van der Waals surface area (Å²) in [4.78, 5) is 29.0. The summed E-state index contributed by atoms with van der Waals surface area (Å²) in [5.41, 5.74) is 5.61. The second kappa shape index (κ2) is 6.27. The highest BCUT2D eigenvalue weighted by molar-refractivity contribution is 7.98. The monoisotopic (exact) mass is 298 g/mol. The van der Waals surface area contributed by atoms with Crippen molar-refractivity contribution in [2.45, 2.75) is 25.6 Å². The van der Waals surface area contributed by atoms with E-state index in [9.17, 15) is 14.7 Å². The van der Waals surface area contributed by atoms with Crippen LogP contribution in [0.2, 0.25) is 0 Å². The van der Waals surface area contributed by atoms with Crippen LogP contribution in [0.15, 0.2) is 6.20 Å². The number of carbonyl (C=O) groups excluding carboxylic acids is 2. The van der Waals surface area contributed by atoms with E-state index in [2.05, 4.69) is 4.98 Å². The number of nitrogens with zero attached hydrogens (tertiary/aromatic N) is 3. The lowest BCUT2D eigenvalue weighted by Gasteiger charge is -2.29. The van der Waals surface area contributed by atoms with Crippen LogP contribution in [0.3, 0.4) is 0 Å². The summed E-state index contributed by atoms with van der Waals surface area (Å²) < 4.78 is 1.72. The Labute approximate surface area is 121 Å². The minimum Gasteiger partial charge on any atom is -0.383 e. The molecule has 0 bridgehead atoms. The van der Waals surface area contributed by atoms with Gasteiger partial charge in [-0.05, 0) is 18.4 Å². The first-order valence-corrected chi connectivity index (χ1v) is 7.74. The summed E-state index contributed by atoms with van der Waals surface area (Å²) >= 11 is 1.59. The Morgan fingerprint density at radius 1 is 1.55 bits per heavy atom. The second-order valence-electron chi connectivity index (χ2n) is 4.63. The van der Waals surface area contributed by atoms with Crippen molar-refractivity contribution in [3.05, 3.63) is 17.7 Å². The molecule has 3 N–H and O–H groups in total. The summed E-state index contributed by atoms with van der Waals surface area (Å²) in [5, 5.41) is 9.84. The fourth-order valence-electron chi connectivity index (χ4n) is 2.21. The lowest BCUT2D eigenvalue weighted by Crippen LogP contribution is -2.44. The van der Waals surface area contributed by atoms with E-state index >= 15 is 0 Å². The Hall–Kier alpha value is -1.54. The van der Waals surface area contributed by atoms with Gasteiger partial charge in [-0.1, -0.05) is 0 Å². The van der Waals surface area contributed by atoms with Crippen LogP contribution in [-0.2, 0) is 17.9 Å². The smallest absolute Gasteiger partial charge is 0.266 e. The number of carbonyl (C=O) groups is 2. The number of hydrogen-bond acceptors (Lipinski definition) is 5. The first kappa shape index (κ1) is 14.9. The molecule has 0 spiro atoms. The highest BCUT2D eigenvalue weighted by Gasteiger charge is 2.28. The normalized spacial score (nSPS) is 15.8. The van der Waals surface area contributed by atoms with Gasteiger partial charge < -0.3 is 20.3 Å². The Kier molecular flexibility index (Phi) is 4.66. The van der Waals surface area contributed by atoms with Crippen molar-refractivity contribution in [1.29, 1.82) is 0 Å². The van der Waals surface area contributed by atoms with E-state index in [4.69, 9.17) is 5.73 Å². The summed E-state index contributed by atoms with van der Waals surface area (Å²) in [6, 6.07) is 0. The largest absolute Gasteiger partial charge is 0.383 e. The molecule has 1 aromatic rings. The fraction of sp³-hybridized carbons (Fsp3) is 0.583. The van der Waals surface area contributed by atoms with Gasteiger partial charge in [-0.25, -0.2) is 4.98 Å². The SMILES string of the molecule is CSCCC(O)C(=O)N1CCn2c(C(N)=O)cnc2C1.